The van der Waals surface area contributed by atoms with Gasteiger partial charge in [0.25, 0.3) is 0 Å². The zero-order valence-electron chi connectivity index (χ0n) is 17.3. The first-order valence-electron chi connectivity index (χ1n) is 10.2. The molecule has 0 unspecified atom stereocenters. The molecule has 142 valence electrons. The smallest absolute Gasteiger partial charge is 0.0177 e. The Bertz CT molecular complexity index is 1270. The molecule has 0 nitrogen and oxygen atoms in total. The van der Waals surface area contributed by atoms with Crippen molar-refractivity contribution < 1.29 is 0 Å². The minimum atomic E-state index is 1.22. The van der Waals surface area contributed by atoms with Gasteiger partial charge in [0.05, 0.1) is 0 Å². The third-order valence-electron chi connectivity index (χ3n) is 5.35. The fourth-order valence-corrected chi connectivity index (χ4v) is 3.73. The van der Waals surface area contributed by atoms with Crippen molar-refractivity contribution in [1.82, 2.24) is 0 Å². The van der Waals surface area contributed by atoms with Crippen molar-refractivity contribution in [2.75, 3.05) is 0 Å². The molecule has 0 aliphatic rings. The van der Waals surface area contributed by atoms with Gasteiger partial charge in [-0.05, 0) is 82.8 Å². The van der Waals surface area contributed by atoms with Crippen molar-refractivity contribution in [3.63, 3.8) is 0 Å². The number of benzene rings is 4. The number of allylic oxidation sites excluding steroid dienone is 5. The average molecular weight is 375 g/mol. The van der Waals surface area contributed by atoms with E-state index in [1.165, 1.54) is 49.4 Å². The van der Waals surface area contributed by atoms with Gasteiger partial charge < -0.3 is 0 Å². The standard InChI is InChI=1S/C29H26/c1-4-6-22(5-2)8-9-23-10-12-27-20-29(16-14-25(27)18-23)28-15-13-24-17-21(3)7-11-26(24)19-28/h4-20H,1-3H3/b6-4-,9-8+,22-5+. The number of rotatable bonds is 4. The van der Waals surface area contributed by atoms with Gasteiger partial charge >= 0.3 is 0 Å². The van der Waals surface area contributed by atoms with E-state index in [1.807, 2.05) is 6.92 Å². The van der Waals surface area contributed by atoms with Crippen molar-refractivity contribution >= 4 is 27.6 Å². The summed E-state index contributed by atoms with van der Waals surface area (Å²) in [7, 11) is 0. The molecule has 0 amide bonds. The van der Waals surface area contributed by atoms with Crippen LogP contribution in [-0.4, -0.2) is 0 Å². The van der Waals surface area contributed by atoms with E-state index in [2.05, 4.69) is 117 Å². The highest BCUT2D eigenvalue weighted by Crippen LogP contribution is 2.28. The summed E-state index contributed by atoms with van der Waals surface area (Å²) in [6.07, 6.45) is 10.6. The van der Waals surface area contributed by atoms with Crippen LogP contribution in [0.1, 0.15) is 25.0 Å². The first-order chi connectivity index (χ1) is 14.2. The third-order valence-corrected chi connectivity index (χ3v) is 5.35. The van der Waals surface area contributed by atoms with Crippen LogP contribution in [0.2, 0.25) is 0 Å². The molecule has 0 atom stereocenters. The summed E-state index contributed by atoms with van der Waals surface area (Å²) in [6, 6.07) is 26.7. The molecule has 4 aromatic rings. The fourth-order valence-electron chi connectivity index (χ4n) is 3.73. The highest BCUT2D eigenvalue weighted by Gasteiger charge is 2.03. The summed E-state index contributed by atoms with van der Waals surface area (Å²) in [5.41, 5.74) is 6.25. The van der Waals surface area contributed by atoms with Gasteiger partial charge in [0.1, 0.15) is 0 Å². The van der Waals surface area contributed by atoms with Gasteiger partial charge in [-0.3, -0.25) is 0 Å². The van der Waals surface area contributed by atoms with Crippen LogP contribution in [0, 0.1) is 6.92 Å². The van der Waals surface area contributed by atoms with Gasteiger partial charge in [-0.25, -0.2) is 0 Å². The fraction of sp³-hybridized carbons (Fsp3) is 0.103. The minimum absolute atomic E-state index is 1.22. The largest absolute Gasteiger partial charge is 0.0871 e. The zero-order valence-corrected chi connectivity index (χ0v) is 17.3. The van der Waals surface area contributed by atoms with E-state index in [-0.39, 0.29) is 0 Å². The Morgan fingerprint density at radius 2 is 1.21 bits per heavy atom. The molecule has 29 heavy (non-hydrogen) atoms. The molecule has 0 spiro atoms. The first-order valence-corrected chi connectivity index (χ1v) is 10.2. The van der Waals surface area contributed by atoms with E-state index >= 15 is 0 Å². The molecule has 0 saturated heterocycles. The Hall–Kier alpha value is -3.38. The number of aryl methyl sites for hydroxylation is 1. The van der Waals surface area contributed by atoms with Crippen molar-refractivity contribution in [1.29, 1.82) is 0 Å². The van der Waals surface area contributed by atoms with E-state index < -0.39 is 0 Å². The predicted octanol–water partition coefficient (Wildman–Crippen LogP) is 8.50. The van der Waals surface area contributed by atoms with Gasteiger partial charge in [-0.15, -0.1) is 0 Å². The molecule has 0 N–H and O–H groups in total. The Morgan fingerprint density at radius 1 is 0.621 bits per heavy atom. The summed E-state index contributed by atoms with van der Waals surface area (Å²) in [4.78, 5) is 0. The highest BCUT2D eigenvalue weighted by atomic mass is 14.1. The lowest BCUT2D eigenvalue weighted by Gasteiger charge is -2.07. The lowest BCUT2D eigenvalue weighted by molar-refractivity contribution is 1.50. The van der Waals surface area contributed by atoms with Gasteiger partial charge in [0.2, 0.25) is 0 Å². The highest BCUT2D eigenvalue weighted by molar-refractivity contribution is 5.92. The molecule has 0 saturated carbocycles. The molecule has 0 fully saturated rings. The number of fused-ring (bicyclic) bond motifs is 2. The first kappa shape index (κ1) is 19.0. The second-order valence-electron chi connectivity index (χ2n) is 7.51. The quantitative estimate of drug-likeness (QED) is 0.314. The van der Waals surface area contributed by atoms with Gasteiger partial charge in [0.15, 0.2) is 0 Å². The third kappa shape index (κ3) is 4.22. The van der Waals surface area contributed by atoms with Crippen LogP contribution in [-0.2, 0) is 0 Å². The summed E-state index contributed by atoms with van der Waals surface area (Å²) in [6.45, 7) is 6.25. The molecule has 4 rings (SSSR count). The molecule has 0 aliphatic carbocycles. The zero-order chi connectivity index (χ0) is 20.2. The molecule has 0 aliphatic heterocycles. The van der Waals surface area contributed by atoms with Gasteiger partial charge in [-0.2, -0.15) is 0 Å². The lowest BCUT2D eigenvalue weighted by Crippen LogP contribution is -1.82. The summed E-state index contributed by atoms with van der Waals surface area (Å²) >= 11 is 0. The Morgan fingerprint density at radius 3 is 1.86 bits per heavy atom. The van der Waals surface area contributed by atoms with Crippen LogP contribution in [0.15, 0.2) is 103 Å². The average Bonchev–Trinajstić information content (AvgIpc) is 2.75. The monoisotopic (exact) mass is 374 g/mol. The Kier molecular flexibility index (Phi) is 5.44. The molecular weight excluding hydrogens is 348 g/mol. The van der Waals surface area contributed by atoms with Crippen LogP contribution in [0.5, 0.6) is 0 Å². The van der Waals surface area contributed by atoms with E-state index in [0.29, 0.717) is 0 Å². The van der Waals surface area contributed by atoms with Gasteiger partial charge in [0, 0.05) is 0 Å². The molecule has 4 aromatic carbocycles. The normalized spacial score (nSPS) is 12.6. The van der Waals surface area contributed by atoms with Gasteiger partial charge in [-0.1, -0.05) is 90.5 Å². The topological polar surface area (TPSA) is 0 Å². The SMILES string of the molecule is C\C=C/C(/C=C/c1ccc2cc(-c3ccc4cc(C)ccc4c3)ccc2c1)=C\C. The minimum Gasteiger partial charge on any atom is -0.0871 e. The van der Waals surface area contributed by atoms with Crippen molar-refractivity contribution in [2.24, 2.45) is 0 Å². The van der Waals surface area contributed by atoms with Crippen molar-refractivity contribution in [2.45, 2.75) is 20.8 Å². The number of hydrogen-bond acceptors (Lipinski definition) is 0. The second kappa shape index (κ2) is 8.32. The van der Waals surface area contributed by atoms with Crippen molar-refractivity contribution in [3.05, 3.63) is 114 Å². The van der Waals surface area contributed by atoms with Crippen LogP contribution in [0.25, 0.3) is 38.7 Å². The Balaban J connectivity index is 1.66. The van der Waals surface area contributed by atoms with Crippen LogP contribution in [0.4, 0.5) is 0 Å². The molecule has 0 heteroatoms. The van der Waals surface area contributed by atoms with E-state index in [4.69, 9.17) is 0 Å². The summed E-state index contributed by atoms with van der Waals surface area (Å²) in [5.74, 6) is 0. The molecule has 0 bridgehead atoms. The predicted molar refractivity (Wildman–Crippen MR) is 129 cm³/mol. The van der Waals surface area contributed by atoms with Crippen LogP contribution in [0.3, 0.4) is 0 Å². The molecule has 0 heterocycles. The van der Waals surface area contributed by atoms with Crippen molar-refractivity contribution in [3.8, 4) is 11.1 Å². The van der Waals surface area contributed by atoms with E-state index in [0.717, 1.165) is 0 Å². The van der Waals surface area contributed by atoms with E-state index in [1.54, 1.807) is 0 Å². The van der Waals surface area contributed by atoms with E-state index in [9.17, 15) is 0 Å². The molecular formula is C29H26. The van der Waals surface area contributed by atoms with Crippen LogP contribution < -0.4 is 0 Å². The molecule has 0 aromatic heterocycles. The summed E-state index contributed by atoms with van der Waals surface area (Å²) < 4.78 is 0. The number of hydrogen-bond donors (Lipinski definition) is 0. The van der Waals surface area contributed by atoms with Crippen LogP contribution >= 0.6 is 0 Å². The molecule has 0 radical (unpaired) electrons. The maximum atomic E-state index is 2.29. The maximum Gasteiger partial charge on any atom is -0.0177 e. The summed E-state index contributed by atoms with van der Waals surface area (Å²) in [5, 5.41) is 5.11. The lowest BCUT2D eigenvalue weighted by atomic mass is 9.97. The second-order valence-corrected chi connectivity index (χ2v) is 7.51. The Labute approximate surface area is 173 Å². The maximum absolute atomic E-state index is 2.29.